The Morgan fingerprint density at radius 1 is 1.30 bits per heavy atom. The van der Waals surface area contributed by atoms with Gasteiger partial charge < -0.3 is 15.4 Å². The van der Waals surface area contributed by atoms with Crippen LogP contribution in [0, 0.1) is 0 Å². The highest BCUT2D eigenvalue weighted by molar-refractivity contribution is 7.08. The van der Waals surface area contributed by atoms with Crippen LogP contribution in [0.25, 0.3) is 0 Å². The maximum absolute atomic E-state index is 11.6. The molecule has 0 saturated carbocycles. The fourth-order valence-electron chi connectivity index (χ4n) is 1.52. The van der Waals surface area contributed by atoms with Crippen LogP contribution in [-0.4, -0.2) is 43.5 Å². The zero-order valence-electron chi connectivity index (χ0n) is 12.9. The van der Waals surface area contributed by atoms with Crippen LogP contribution < -0.4 is 16.0 Å². The Bertz CT molecular complexity index is 559. The number of imide groups is 1. The molecule has 0 bridgehead atoms. The predicted molar refractivity (Wildman–Crippen MR) is 84.0 cm³/mol. The molecule has 0 aliphatic rings. The second-order valence-corrected chi connectivity index (χ2v) is 5.35. The van der Waals surface area contributed by atoms with Crippen molar-refractivity contribution in [3.8, 4) is 0 Å². The van der Waals surface area contributed by atoms with Crippen LogP contribution in [0.5, 0.6) is 0 Å². The quantitative estimate of drug-likeness (QED) is 0.498. The van der Waals surface area contributed by atoms with Crippen LogP contribution in [-0.2, 0) is 14.3 Å². The minimum atomic E-state index is -1.07. The van der Waals surface area contributed by atoms with Crippen LogP contribution in [0.3, 0.4) is 0 Å². The van der Waals surface area contributed by atoms with Crippen molar-refractivity contribution in [2.45, 2.75) is 25.9 Å². The SMILES string of the molecule is CNC(=O)NC(=O)C(C)OC(=O)CCCNC(=O)c1ccsc1. The first-order valence-electron chi connectivity index (χ1n) is 6.96. The fourth-order valence-corrected chi connectivity index (χ4v) is 2.15. The normalized spacial score (nSPS) is 11.2. The topological polar surface area (TPSA) is 114 Å². The monoisotopic (exact) mass is 341 g/mol. The van der Waals surface area contributed by atoms with Gasteiger partial charge in [-0.1, -0.05) is 0 Å². The van der Waals surface area contributed by atoms with Gasteiger partial charge in [0.15, 0.2) is 6.10 Å². The summed E-state index contributed by atoms with van der Waals surface area (Å²) in [7, 11) is 1.36. The molecule has 1 aromatic heterocycles. The lowest BCUT2D eigenvalue weighted by Crippen LogP contribution is -2.43. The third kappa shape index (κ3) is 6.92. The van der Waals surface area contributed by atoms with Gasteiger partial charge in [0.1, 0.15) is 0 Å². The van der Waals surface area contributed by atoms with Crippen LogP contribution in [0.4, 0.5) is 4.79 Å². The third-order valence-electron chi connectivity index (χ3n) is 2.77. The number of hydrogen-bond acceptors (Lipinski definition) is 6. The first kappa shape index (κ1) is 18.6. The van der Waals surface area contributed by atoms with E-state index < -0.39 is 24.0 Å². The summed E-state index contributed by atoms with van der Waals surface area (Å²) >= 11 is 1.43. The molecule has 1 atom stereocenters. The minimum Gasteiger partial charge on any atom is -0.453 e. The average molecular weight is 341 g/mol. The van der Waals surface area contributed by atoms with Crippen molar-refractivity contribution in [2.75, 3.05) is 13.6 Å². The summed E-state index contributed by atoms with van der Waals surface area (Å²) in [5.74, 6) is -1.48. The highest BCUT2D eigenvalue weighted by atomic mass is 32.1. The molecule has 0 spiro atoms. The van der Waals surface area contributed by atoms with E-state index in [9.17, 15) is 19.2 Å². The van der Waals surface area contributed by atoms with Gasteiger partial charge in [-0.05, 0) is 24.8 Å². The average Bonchev–Trinajstić information content (AvgIpc) is 3.05. The van der Waals surface area contributed by atoms with Gasteiger partial charge in [-0.25, -0.2) is 4.79 Å². The number of thiophene rings is 1. The van der Waals surface area contributed by atoms with E-state index in [1.165, 1.54) is 25.3 Å². The summed E-state index contributed by atoms with van der Waals surface area (Å²) in [6, 6.07) is 1.04. The Morgan fingerprint density at radius 2 is 2.04 bits per heavy atom. The molecule has 1 unspecified atom stereocenters. The molecule has 9 heteroatoms. The van der Waals surface area contributed by atoms with Gasteiger partial charge in [0.2, 0.25) is 0 Å². The summed E-state index contributed by atoms with van der Waals surface area (Å²) in [5, 5.41) is 10.4. The molecule has 3 N–H and O–H groups in total. The molecule has 8 nitrogen and oxygen atoms in total. The summed E-state index contributed by atoms with van der Waals surface area (Å²) < 4.78 is 4.89. The number of rotatable bonds is 7. The molecule has 0 aliphatic heterocycles. The van der Waals surface area contributed by atoms with Gasteiger partial charge in [-0.15, -0.1) is 0 Å². The Morgan fingerprint density at radius 3 is 2.65 bits per heavy atom. The molecule has 4 amide bonds. The highest BCUT2D eigenvalue weighted by Crippen LogP contribution is 2.05. The molecule has 0 saturated heterocycles. The van der Waals surface area contributed by atoms with Crippen molar-refractivity contribution in [1.29, 1.82) is 0 Å². The van der Waals surface area contributed by atoms with E-state index in [2.05, 4.69) is 10.6 Å². The van der Waals surface area contributed by atoms with E-state index in [1.807, 2.05) is 5.32 Å². The predicted octanol–water partition coefficient (Wildman–Crippen LogP) is 0.645. The van der Waals surface area contributed by atoms with E-state index in [0.717, 1.165) is 0 Å². The second-order valence-electron chi connectivity index (χ2n) is 4.57. The molecule has 0 fully saturated rings. The fraction of sp³-hybridized carbons (Fsp3) is 0.429. The van der Waals surface area contributed by atoms with Gasteiger partial charge in [-0.3, -0.25) is 19.7 Å². The second kappa shape index (κ2) is 9.57. The number of ether oxygens (including phenoxy) is 1. The van der Waals surface area contributed by atoms with Crippen molar-refractivity contribution in [2.24, 2.45) is 0 Å². The molecular formula is C14H19N3O5S. The number of hydrogen-bond donors (Lipinski definition) is 3. The van der Waals surface area contributed by atoms with Crippen LogP contribution in [0.2, 0.25) is 0 Å². The standard InChI is InChI=1S/C14H19N3O5S/c1-9(12(19)17-14(21)15-2)22-11(18)4-3-6-16-13(20)10-5-7-23-8-10/h5,7-9H,3-4,6H2,1-2H3,(H,16,20)(H2,15,17,19,21). The van der Waals surface area contributed by atoms with Gasteiger partial charge >= 0.3 is 12.0 Å². The van der Waals surface area contributed by atoms with Crippen LogP contribution in [0.1, 0.15) is 30.1 Å². The number of nitrogens with one attached hydrogen (secondary N) is 3. The molecule has 1 heterocycles. The molecule has 0 aromatic carbocycles. The number of urea groups is 1. The van der Waals surface area contributed by atoms with Gasteiger partial charge in [-0.2, -0.15) is 11.3 Å². The maximum Gasteiger partial charge on any atom is 0.321 e. The lowest BCUT2D eigenvalue weighted by molar-refractivity contribution is -0.154. The van der Waals surface area contributed by atoms with E-state index in [1.54, 1.807) is 16.8 Å². The maximum atomic E-state index is 11.6. The minimum absolute atomic E-state index is 0.0571. The van der Waals surface area contributed by atoms with Crippen molar-refractivity contribution in [3.05, 3.63) is 22.4 Å². The van der Waals surface area contributed by atoms with Gasteiger partial charge in [0.25, 0.3) is 11.8 Å². The largest absolute Gasteiger partial charge is 0.453 e. The summed E-state index contributed by atoms with van der Waals surface area (Å²) in [6.45, 7) is 1.69. The molecule has 0 aliphatic carbocycles. The lowest BCUT2D eigenvalue weighted by atomic mass is 10.3. The van der Waals surface area contributed by atoms with Crippen LogP contribution >= 0.6 is 11.3 Å². The molecule has 23 heavy (non-hydrogen) atoms. The van der Waals surface area contributed by atoms with Crippen molar-refractivity contribution in [1.82, 2.24) is 16.0 Å². The zero-order chi connectivity index (χ0) is 17.2. The summed E-state index contributed by atoms with van der Waals surface area (Å²) in [5.41, 5.74) is 0.581. The number of amides is 4. The van der Waals surface area contributed by atoms with Gasteiger partial charge in [0, 0.05) is 31.0 Å². The smallest absolute Gasteiger partial charge is 0.321 e. The first-order valence-corrected chi connectivity index (χ1v) is 7.90. The zero-order valence-corrected chi connectivity index (χ0v) is 13.7. The van der Waals surface area contributed by atoms with Crippen molar-refractivity contribution in [3.63, 3.8) is 0 Å². The van der Waals surface area contributed by atoms with E-state index >= 15 is 0 Å². The molecule has 1 rings (SSSR count). The first-order chi connectivity index (χ1) is 10.9. The van der Waals surface area contributed by atoms with Gasteiger partial charge in [0.05, 0.1) is 0 Å². The Labute approximate surface area is 137 Å². The lowest BCUT2D eigenvalue weighted by Gasteiger charge is -2.12. The highest BCUT2D eigenvalue weighted by Gasteiger charge is 2.19. The molecule has 1 aromatic rings. The Kier molecular flexibility index (Phi) is 7.75. The third-order valence-corrected chi connectivity index (χ3v) is 3.45. The van der Waals surface area contributed by atoms with Crippen molar-refractivity contribution >= 4 is 35.2 Å². The molecule has 126 valence electrons. The Hall–Kier alpha value is -2.42. The number of esters is 1. The molecular weight excluding hydrogens is 322 g/mol. The summed E-state index contributed by atoms with van der Waals surface area (Å²) in [4.78, 5) is 45.7. The summed E-state index contributed by atoms with van der Waals surface area (Å²) in [6.07, 6.45) is -0.625. The van der Waals surface area contributed by atoms with E-state index in [-0.39, 0.29) is 12.3 Å². The van der Waals surface area contributed by atoms with E-state index in [0.29, 0.717) is 18.5 Å². The van der Waals surface area contributed by atoms with Crippen molar-refractivity contribution < 1.29 is 23.9 Å². The van der Waals surface area contributed by atoms with E-state index in [4.69, 9.17) is 4.74 Å². The molecule has 0 radical (unpaired) electrons. The Balaban J connectivity index is 2.20. The van der Waals surface area contributed by atoms with Crippen LogP contribution in [0.15, 0.2) is 16.8 Å². The number of carbonyl (C=O) groups is 4. The number of carbonyl (C=O) groups excluding carboxylic acids is 4.